The fraction of sp³-hybridized carbons (Fsp3) is 0.0303. The van der Waals surface area contributed by atoms with Gasteiger partial charge in [-0.05, 0) is 246 Å². The van der Waals surface area contributed by atoms with Crippen molar-refractivity contribution in [2.75, 3.05) is 0 Å². The van der Waals surface area contributed by atoms with Crippen LogP contribution in [-0.2, 0) is 0 Å². The number of rotatable bonds is 9. The molecule has 630 valence electrons. The lowest BCUT2D eigenvalue weighted by molar-refractivity contribution is 1.20. The molecule has 29 rings (SSSR count). The second-order valence-electron chi connectivity index (χ2n) is 36.9. The zero-order valence-electron chi connectivity index (χ0n) is 75.1. The second-order valence-corrected chi connectivity index (χ2v) is 36.9. The summed E-state index contributed by atoms with van der Waals surface area (Å²) in [4.78, 5) is 0. The topological polar surface area (TPSA) is 14.8 Å². The molecule has 3 heterocycles. The minimum absolute atomic E-state index is 1.21. The summed E-state index contributed by atoms with van der Waals surface area (Å²) in [6.07, 6.45) is 0. The average Bonchev–Trinajstić information content (AvgIpc) is 1.70. The van der Waals surface area contributed by atoms with E-state index in [0.717, 1.165) is 0 Å². The van der Waals surface area contributed by atoms with E-state index in [0.29, 0.717) is 0 Å². The van der Waals surface area contributed by atoms with Crippen molar-refractivity contribution in [2.45, 2.75) is 27.7 Å². The van der Waals surface area contributed by atoms with E-state index in [9.17, 15) is 0 Å². The van der Waals surface area contributed by atoms with Crippen LogP contribution >= 0.6 is 0 Å². The fourth-order valence-electron chi connectivity index (χ4n) is 23.2. The third-order valence-electron chi connectivity index (χ3n) is 29.5. The lowest BCUT2D eigenvalue weighted by Crippen LogP contribution is -1.99. The molecule has 29 aromatic rings. The minimum Gasteiger partial charge on any atom is -0.309 e. The number of nitrogens with zero attached hydrogens (tertiary/aromatic N) is 3. The lowest BCUT2D eigenvalue weighted by Gasteiger charge is -2.21. The first-order chi connectivity index (χ1) is 66.7. The highest BCUT2D eigenvalue weighted by Crippen LogP contribution is 2.53. The first-order valence-electron chi connectivity index (χ1n) is 47.1. The number of aromatic nitrogens is 3. The molecule has 0 aliphatic heterocycles. The summed E-state index contributed by atoms with van der Waals surface area (Å²) >= 11 is 0. The van der Waals surface area contributed by atoms with Crippen LogP contribution in [0, 0.1) is 27.7 Å². The van der Waals surface area contributed by atoms with Crippen molar-refractivity contribution < 1.29 is 0 Å². The first kappa shape index (κ1) is 77.7. The smallest absolute Gasteiger partial charge is 0.0547 e. The Kier molecular flexibility index (Phi) is 17.7. The molecule has 0 unspecified atom stereocenters. The van der Waals surface area contributed by atoms with Gasteiger partial charge in [0.05, 0.1) is 50.2 Å². The molecule has 3 heteroatoms. The third-order valence-corrected chi connectivity index (χ3v) is 29.5. The summed E-state index contributed by atoms with van der Waals surface area (Å²) in [5.41, 5.74) is 31.3. The van der Waals surface area contributed by atoms with Gasteiger partial charge in [-0.1, -0.05) is 412 Å². The molecule has 135 heavy (non-hydrogen) atoms. The Morgan fingerprint density at radius 1 is 0.133 bits per heavy atom. The van der Waals surface area contributed by atoms with E-state index in [2.05, 4.69) is 496 Å². The number of hydrogen-bond acceptors (Lipinski definition) is 0. The first-order valence-corrected chi connectivity index (χ1v) is 47.1. The normalized spacial score (nSPS) is 12.0. The molecule has 0 N–H and O–H groups in total. The van der Waals surface area contributed by atoms with E-state index < -0.39 is 0 Å². The van der Waals surface area contributed by atoms with Crippen LogP contribution in [0.4, 0.5) is 0 Å². The highest BCUT2D eigenvalue weighted by molar-refractivity contribution is 6.34. The van der Waals surface area contributed by atoms with E-state index in [1.165, 1.54) is 290 Å². The van der Waals surface area contributed by atoms with Gasteiger partial charge in [-0.3, -0.25) is 0 Å². The Labute approximate surface area is 780 Å². The summed E-state index contributed by atoms with van der Waals surface area (Å²) in [6.45, 7) is 8.74. The molecule has 0 radical (unpaired) electrons. The summed E-state index contributed by atoms with van der Waals surface area (Å²) in [7, 11) is 0. The van der Waals surface area contributed by atoms with Crippen molar-refractivity contribution >= 4 is 184 Å². The maximum absolute atomic E-state index is 2.50. The Morgan fingerprint density at radius 2 is 0.356 bits per heavy atom. The van der Waals surface area contributed by atoms with Crippen LogP contribution in [0.1, 0.15) is 22.3 Å². The Morgan fingerprint density at radius 3 is 0.719 bits per heavy atom. The van der Waals surface area contributed by atoms with Gasteiger partial charge < -0.3 is 13.7 Å². The summed E-state index contributed by atoms with van der Waals surface area (Å²) in [6, 6.07) is 169. The molecule has 0 atom stereocenters. The van der Waals surface area contributed by atoms with Crippen LogP contribution in [0.5, 0.6) is 0 Å². The molecular formula is C132H87N3. The van der Waals surface area contributed by atoms with Gasteiger partial charge in [-0.25, -0.2) is 0 Å². The van der Waals surface area contributed by atoms with Crippen molar-refractivity contribution in [3.8, 4) is 83.8 Å². The van der Waals surface area contributed by atoms with Gasteiger partial charge in [0.25, 0.3) is 0 Å². The van der Waals surface area contributed by atoms with Crippen LogP contribution in [0.2, 0.25) is 0 Å². The molecule has 0 fully saturated rings. The number of aryl methyl sites for hydroxylation is 4. The molecule has 0 amide bonds. The maximum atomic E-state index is 2.50. The van der Waals surface area contributed by atoms with Gasteiger partial charge in [0, 0.05) is 64.6 Å². The van der Waals surface area contributed by atoms with Crippen molar-refractivity contribution in [1.29, 1.82) is 0 Å². The maximum Gasteiger partial charge on any atom is 0.0547 e. The van der Waals surface area contributed by atoms with Crippen LogP contribution in [0.25, 0.3) is 268 Å². The number of fused-ring (bicyclic) bond motifs is 11. The van der Waals surface area contributed by atoms with Gasteiger partial charge in [-0.2, -0.15) is 0 Å². The molecule has 0 aliphatic carbocycles. The van der Waals surface area contributed by atoms with E-state index in [4.69, 9.17) is 0 Å². The van der Waals surface area contributed by atoms with Crippen molar-refractivity contribution in [3.05, 3.63) is 477 Å². The molecular weight excluding hydrogens is 1630 g/mol. The fourth-order valence-corrected chi connectivity index (χ4v) is 23.2. The molecule has 3 nitrogen and oxygen atoms in total. The zero-order valence-corrected chi connectivity index (χ0v) is 75.1. The van der Waals surface area contributed by atoms with Crippen molar-refractivity contribution in [3.63, 3.8) is 0 Å². The molecule has 3 aromatic heterocycles. The van der Waals surface area contributed by atoms with Crippen LogP contribution in [0.3, 0.4) is 0 Å². The molecule has 0 spiro atoms. The van der Waals surface area contributed by atoms with Gasteiger partial charge in [-0.15, -0.1) is 0 Å². The molecule has 0 saturated carbocycles. The Bertz CT molecular complexity index is 9730. The Hall–Kier alpha value is -17.2. The quantitative estimate of drug-likeness (QED) is 0.128. The van der Waals surface area contributed by atoms with Gasteiger partial charge >= 0.3 is 0 Å². The van der Waals surface area contributed by atoms with Crippen LogP contribution in [0.15, 0.2) is 455 Å². The SMILES string of the molecule is Cc1ccc(-c2ccc3ccc4c(-c5ccc(C)c6ccccc56)cc(-n5c6ccccc6c6ccccc65)c5ccc2c3c45)c2ccccc12.Cc1ccc(-c2ccc3ccc4c(-n5c6ccccc6c6ccccc65)cc(-c5ccc(C)cc5)c5ccc2c3c54)cc1.c1ccc(-c2ccc3ccc4c(-n5c6ccccc6c6ccccc65)cc(-c5ccccc5)c5ccc2c3c54)cc1. The molecule has 0 saturated heterocycles. The van der Waals surface area contributed by atoms with E-state index in [1.54, 1.807) is 0 Å². The van der Waals surface area contributed by atoms with E-state index >= 15 is 0 Å². The molecule has 0 bridgehead atoms. The average molecular weight is 1720 g/mol. The Balaban J connectivity index is 0.000000104. The number of para-hydroxylation sites is 6. The van der Waals surface area contributed by atoms with Crippen LogP contribution in [-0.4, -0.2) is 13.7 Å². The summed E-state index contributed by atoms with van der Waals surface area (Å²) < 4.78 is 7.46. The summed E-state index contributed by atoms with van der Waals surface area (Å²) in [5, 5.41) is 36.2. The minimum atomic E-state index is 1.21. The highest BCUT2D eigenvalue weighted by atomic mass is 15.0. The predicted octanol–water partition coefficient (Wildman–Crippen LogP) is 36.6. The van der Waals surface area contributed by atoms with Crippen LogP contribution < -0.4 is 0 Å². The molecule has 26 aromatic carbocycles. The second kappa shape index (κ2) is 30.7. The number of hydrogen-bond donors (Lipinski definition) is 0. The lowest BCUT2D eigenvalue weighted by atomic mass is 9.84. The highest BCUT2D eigenvalue weighted by Gasteiger charge is 2.28. The number of benzene rings is 26. The van der Waals surface area contributed by atoms with Gasteiger partial charge in [0.1, 0.15) is 0 Å². The van der Waals surface area contributed by atoms with E-state index in [1.807, 2.05) is 0 Å². The standard InChI is InChI=1S/C50H33N.C42H29N.C40H25N/c1-30-19-23-37(35-13-5-3-11-33(30)35)38-25-21-32-22-26-43-45(39-24-20-31(2)34-12-4-6-14-36(34)39)29-48(44-28-27-42(38)49(32)50(43)44)51-46-17-9-7-15-40(46)41-16-8-10-18-47(41)51;1-26-11-15-28(16-12-26)31-21-19-30-20-22-36-40(43-38-9-5-3-7-32(38)33-8-4-6-10-39(33)43)25-37(29-17-13-27(2)14-18-29)35-24-23-34(31)41(30)42(35)36;1-3-11-26(12-4-1)29-21-19-28-20-22-34-38(41-36-17-9-7-15-30(36)31-16-8-10-18-37(31)41)25-35(27-13-5-2-6-14-27)33-24-23-32(29)39(28)40(33)34/h3-29H,1-2H3;3-25H,1-2H3;1-25H. The van der Waals surface area contributed by atoms with Gasteiger partial charge in [0.2, 0.25) is 0 Å². The summed E-state index contributed by atoms with van der Waals surface area (Å²) in [5.74, 6) is 0. The monoisotopic (exact) mass is 1710 g/mol. The predicted molar refractivity (Wildman–Crippen MR) is 580 cm³/mol. The van der Waals surface area contributed by atoms with Crippen molar-refractivity contribution in [1.82, 2.24) is 13.7 Å². The third kappa shape index (κ3) is 12.0. The van der Waals surface area contributed by atoms with E-state index in [-0.39, 0.29) is 0 Å². The largest absolute Gasteiger partial charge is 0.309 e. The molecule has 0 aliphatic rings. The van der Waals surface area contributed by atoms with Gasteiger partial charge in [0.15, 0.2) is 0 Å². The van der Waals surface area contributed by atoms with Crippen molar-refractivity contribution in [2.24, 2.45) is 0 Å². The zero-order chi connectivity index (χ0) is 89.4.